The Hall–Kier alpha value is -2.65. The van der Waals surface area contributed by atoms with Crippen molar-refractivity contribution in [3.8, 4) is 0 Å². The zero-order valence-corrected chi connectivity index (χ0v) is 21.0. The normalized spacial score (nSPS) is 26.6. The van der Waals surface area contributed by atoms with E-state index in [0.29, 0.717) is 13.0 Å². The molecule has 0 radical (unpaired) electrons. The first-order valence-electron chi connectivity index (χ1n) is 12.1. The molecule has 0 spiro atoms. The highest BCUT2D eigenvalue weighted by Crippen LogP contribution is 2.65. The van der Waals surface area contributed by atoms with Crippen LogP contribution in [-0.2, 0) is 23.9 Å². The number of nitrogens with one attached hydrogen (secondary N) is 2. The van der Waals surface area contributed by atoms with Crippen molar-refractivity contribution in [3.05, 3.63) is 0 Å². The van der Waals surface area contributed by atoms with Crippen LogP contribution in [0.4, 0.5) is 4.79 Å². The number of nitrogens with two attached hydrogens (primary N) is 1. The lowest BCUT2D eigenvalue weighted by Gasteiger charge is -2.37. The van der Waals surface area contributed by atoms with E-state index in [9.17, 15) is 24.0 Å². The maximum absolute atomic E-state index is 13.7. The highest BCUT2D eigenvalue weighted by atomic mass is 16.6. The maximum atomic E-state index is 13.7. The topological polar surface area (TPSA) is 148 Å². The smallest absolute Gasteiger partial charge is 0.408 e. The number of nitrogens with zero attached hydrogens (tertiary/aromatic N) is 1. The van der Waals surface area contributed by atoms with Crippen LogP contribution in [0.15, 0.2) is 0 Å². The van der Waals surface area contributed by atoms with Crippen LogP contribution in [0.25, 0.3) is 0 Å². The average Bonchev–Trinajstić information content (AvgIpc) is 3.56. The third kappa shape index (κ3) is 5.20. The number of hydrogen-bond acceptors (Lipinski definition) is 6. The summed E-state index contributed by atoms with van der Waals surface area (Å²) < 4.78 is 5.28. The molecular weight excluding hydrogens is 440 g/mol. The van der Waals surface area contributed by atoms with Gasteiger partial charge in [-0.3, -0.25) is 19.2 Å². The second-order valence-electron chi connectivity index (χ2n) is 11.5. The predicted octanol–water partition coefficient (Wildman–Crippen LogP) is 1.11. The van der Waals surface area contributed by atoms with E-state index in [1.807, 2.05) is 27.7 Å². The molecule has 2 aliphatic carbocycles. The first-order chi connectivity index (χ1) is 15.7. The Bertz CT molecular complexity index is 875. The van der Waals surface area contributed by atoms with Gasteiger partial charge in [0.15, 0.2) is 0 Å². The van der Waals surface area contributed by atoms with Crippen molar-refractivity contribution < 1.29 is 28.7 Å². The number of Topliss-reactive ketones (excluding diaryl/α,β-unsaturated/α-hetero) is 1. The van der Waals surface area contributed by atoms with Crippen molar-refractivity contribution >= 4 is 29.6 Å². The number of alkyl carbamates (subject to hydrolysis) is 1. The molecule has 34 heavy (non-hydrogen) atoms. The van der Waals surface area contributed by atoms with Gasteiger partial charge >= 0.3 is 6.09 Å². The van der Waals surface area contributed by atoms with Gasteiger partial charge in [0.05, 0.1) is 6.04 Å². The van der Waals surface area contributed by atoms with Gasteiger partial charge in [-0.2, -0.15) is 0 Å². The van der Waals surface area contributed by atoms with E-state index in [2.05, 4.69) is 24.5 Å². The van der Waals surface area contributed by atoms with Gasteiger partial charge in [0.1, 0.15) is 18.2 Å². The molecule has 4 N–H and O–H groups in total. The average molecular weight is 479 g/mol. The van der Waals surface area contributed by atoms with E-state index in [4.69, 9.17) is 10.5 Å². The standard InChI is InChI=1S/C24H38N4O6/c1-7-8-14(17(29)19(25)30)26-20(31)16-15-13(24(15,5)6)11-28(16)21(32)18(23(2,3)4)27-22(33)34-12-9-10-12/h12-16,18H,7-11H2,1-6H3,(H2,25,30)(H,26,31)(H,27,33)/t13-,14?,15-,16-,18+/m0/s1. The van der Waals surface area contributed by atoms with Crippen molar-refractivity contribution in [1.29, 1.82) is 0 Å². The lowest BCUT2D eigenvalue weighted by molar-refractivity contribution is -0.145. The Kier molecular flexibility index (Phi) is 7.01. The zero-order chi connectivity index (χ0) is 25.6. The Balaban J connectivity index is 1.81. The van der Waals surface area contributed by atoms with Crippen molar-refractivity contribution in [3.63, 3.8) is 0 Å². The van der Waals surface area contributed by atoms with Gasteiger partial charge in [0.25, 0.3) is 5.91 Å². The number of hydrogen-bond donors (Lipinski definition) is 3. The van der Waals surface area contributed by atoms with Gasteiger partial charge in [0, 0.05) is 6.54 Å². The molecule has 1 saturated heterocycles. The molecule has 3 aliphatic rings. The minimum atomic E-state index is -1.10. The molecule has 1 aliphatic heterocycles. The summed E-state index contributed by atoms with van der Waals surface area (Å²) in [5, 5.41) is 5.39. The molecule has 2 saturated carbocycles. The van der Waals surface area contributed by atoms with Crippen LogP contribution in [0.1, 0.15) is 67.2 Å². The van der Waals surface area contributed by atoms with E-state index in [1.54, 1.807) is 0 Å². The van der Waals surface area contributed by atoms with Crippen molar-refractivity contribution in [2.24, 2.45) is 28.4 Å². The minimum Gasteiger partial charge on any atom is -0.446 e. The highest BCUT2D eigenvalue weighted by molar-refractivity contribution is 6.37. The third-order valence-corrected chi connectivity index (χ3v) is 7.39. The van der Waals surface area contributed by atoms with Crippen molar-refractivity contribution in [2.45, 2.75) is 91.5 Å². The quantitative estimate of drug-likeness (QED) is 0.423. The van der Waals surface area contributed by atoms with Crippen molar-refractivity contribution in [1.82, 2.24) is 15.5 Å². The summed E-state index contributed by atoms with van der Waals surface area (Å²) >= 11 is 0. The van der Waals surface area contributed by atoms with Gasteiger partial charge in [-0.25, -0.2) is 4.79 Å². The monoisotopic (exact) mass is 478 g/mol. The number of piperidine rings is 1. The molecule has 190 valence electrons. The number of primary amides is 1. The van der Waals surface area contributed by atoms with E-state index < -0.39 is 47.2 Å². The summed E-state index contributed by atoms with van der Waals surface area (Å²) in [4.78, 5) is 64.7. The molecule has 1 heterocycles. The van der Waals surface area contributed by atoms with E-state index in [1.165, 1.54) is 4.90 Å². The molecule has 0 aromatic rings. The van der Waals surface area contributed by atoms with Crippen LogP contribution in [0.5, 0.6) is 0 Å². The van der Waals surface area contributed by atoms with E-state index in [0.717, 1.165) is 12.8 Å². The molecule has 3 fully saturated rings. The largest absolute Gasteiger partial charge is 0.446 e. The van der Waals surface area contributed by atoms with Crippen LogP contribution < -0.4 is 16.4 Å². The maximum Gasteiger partial charge on any atom is 0.408 e. The molecule has 5 atom stereocenters. The molecule has 4 amide bonds. The van der Waals surface area contributed by atoms with Crippen LogP contribution in [-0.4, -0.2) is 65.3 Å². The van der Waals surface area contributed by atoms with Gasteiger partial charge in [-0.05, 0) is 41.9 Å². The van der Waals surface area contributed by atoms with E-state index in [-0.39, 0.29) is 35.7 Å². The Morgan fingerprint density at radius 3 is 2.24 bits per heavy atom. The number of rotatable bonds is 9. The summed E-state index contributed by atoms with van der Waals surface area (Å²) in [6.45, 7) is 11.8. The Morgan fingerprint density at radius 1 is 1.12 bits per heavy atom. The molecule has 3 rings (SSSR count). The number of carbonyl (C=O) groups excluding carboxylic acids is 5. The second-order valence-corrected chi connectivity index (χ2v) is 11.5. The summed E-state index contributed by atoms with van der Waals surface area (Å²) in [5.41, 5.74) is 4.40. The number of amides is 4. The number of ketones is 1. The predicted molar refractivity (Wildman–Crippen MR) is 123 cm³/mol. The molecule has 10 nitrogen and oxygen atoms in total. The minimum absolute atomic E-state index is 0.0820. The van der Waals surface area contributed by atoms with Gasteiger partial charge in [-0.1, -0.05) is 48.0 Å². The van der Waals surface area contributed by atoms with Crippen LogP contribution in [0, 0.1) is 22.7 Å². The lowest BCUT2D eigenvalue weighted by atomic mass is 9.85. The number of ether oxygens (including phenoxy) is 1. The summed E-state index contributed by atoms with van der Waals surface area (Å²) in [6.07, 6.45) is 1.72. The summed E-state index contributed by atoms with van der Waals surface area (Å²) in [7, 11) is 0. The Labute approximate surface area is 200 Å². The molecule has 1 unspecified atom stereocenters. The van der Waals surface area contributed by atoms with E-state index >= 15 is 0 Å². The van der Waals surface area contributed by atoms with Crippen LogP contribution in [0.3, 0.4) is 0 Å². The zero-order valence-electron chi connectivity index (χ0n) is 21.0. The SMILES string of the molecule is CCCC(NC(=O)[C@@H]1[C@@H]2[C@H](CN1C(=O)[C@@H](NC(=O)OC1CC1)C(C)(C)C)C2(C)C)C(=O)C(N)=O. The summed E-state index contributed by atoms with van der Waals surface area (Å²) in [5.74, 6) is -2.75. The fraction of sp³-hybridized carbons (Fsp3) is 0.792. The first kappa shape index (κ1) is 26.0. The molecular formula is C24H38N4O6. The lowest BCUT2D eigenvalue weighted by Crippen LogP contribution is -2.60. The molecule has 0 bridgehead atoms. The van der Waals surface area contributed by atoms with Gasteiger partial charge in [0.2, 0.25) is 17.6 Å². The highest BCUT2D eigenvalue weighted by Gasteiger charge is 2.69. The second kappa shape index (κ2) is 9.19. The Morgan fingerprint density at radius 2 is 1.74 bits per heavy atom. The molecule has 0 aromatic carbocycles. The number of fused-ring (bicyclic) bond motifs is 1. The fourth-order valence-electron chi connectivity index (χ4n) is 5.10. The molecule has 0 aromatic heterocycles. The fourth-order valence-corrected chi connectivity index (χ4v) is 5.10. The summed E-state index contributed by atoms with van der Waals surface area (Å²) in [6, 6.07) is -2.73. The van der Waals surface area contributed by atoms with Gasteiger partial charge < -0.3 is 26.0 Å². The van der Waals surface area contributed by atoms with Crippen LogP contribution >= 0.6 is 0 Å². The first-order valence-corrected chi connectivity index (χ1v) is 12.1. The number of likely N-dealkylation sites (tertiary alicyclic amines) is 1. The molecule has 10 heteroatoms. The van der Waals surface area contributed by atoms with Crippen molar-refractivity contribution in [2.75, 3.05) is 6.54 Å². The third-order valence-electron chi connectivity index (χ3n) is 7.39. The van der Waals surface area contributed by atoms with Gasteiger partial charge in [-0.15, -0.1) is 0 Å². The van der Waals surface area contributed by atoms with Crippen LogP contribution in [0.2, 0.25) is 0 Å². The number of carbonyl (C=O) groups is 5.